The molecular formula is C20H16N4O2. The van der Waals surface area contributed by atoms with Crippen LogP contribution >= 0.6 is 0 Å². The maximum Gasteiger partial charge on any atom is 0.262 e. The number of amides is 2. The summed E-state index contributed by atoms with van der Waals surface area (Å²) in [7, 11) is 0. The highest BCUT2D eigenvalue weighted by Gasteiger charge is 2.37. The number of rotatable bonds is 3. The lowest BCUT2D eigenvalue weighted by Gasteiger charge is -2.23. The first-order valence-electron chi connectivity index (χ1n) is 8.23. The lowest BCUT2D eigenvalue weighted by Crippen LogP contribution is -2.46. The predicted octanol–water partition coefficient (Wildman–Crippen LogP) is 2.20. The number of benzene rings is 2. The molecule has 1 aliphatic heterocycles. The molecular weight excluding hydrogens is 328 g/mol. The summed E-state index contributed by atoms with van der Waals surface area (Å²) < 4.78 is 0. The van der Waals surface area contributed by atoms with Crippen molar-refractivity contribution in [3.05, 3.63) is 78.1 Å². The van der Waals surface area contributed by atoms with Gasteiger partial charge in [-0.05, 0) is 11.6 Å². The summed E-state index contributed by atoms with van der Waals surface area (Å²) >= 11 is 0. The van der Waals surface area contributed by atoms with Crippen molar-refractivity contribution in [2.45, 2.75) is 12.5 Å². The second-order valence-electron chi connectivity index (χ2n) is 6.09. The Morgan fingerprint density at radius 3 is 2.31 bits per heavy atom. The molecule has 1 atom stereocenters. The first kappa shape index (κ1) is 16.0. The fourth-order valence-electron chi connectivity index (χ4n) is 3.18. The maximum absolute atomic E-state index is 13.0. The fraction of sp³-hybridized carbons (Fsp3) is 0.100. The van der Waals surface area contributed by atoms with Gasteiger partial charge in [-0.1, -0.05) is 48.5 Å². The van der Waals surface area contributed by atoms with Gasteiger partial charge in [-0.3, -0.25) is 14.5 Å². The van der Waals surface area contributed by atoms with Gasteiger partial charge in [-0.15, -0.1) is 0 Å². The van der Waals surface area contributed by atoms with E-state index in [0.717, 1.165) is 11.1 Å². The Hall–Kier alpha value is -3.54. The van der Waals surface area contributed by atoms with Crippen LogP contribution in [0.5, 0.6) is 0 Å². The van der Waals surface area contributed by atoms with E-state index < -0.39 is 11.9 Å². The van der Waals surface area contributed by atoms with Crippen LogP contribution in [-0.4, -0.2) is 27.8 Å². The van der Waals surface area contributed by atoms with Crippen molar-refractivity contribution in [2.75, 3.05) is 4.90 Å². The van der Waals surface area contributed by atoms with Crippen LogP contribution in [0.3, 0.4) is 0 Å². The third-order valence-electron chi connectivity index (χ3n) is 4.45. The maximum atomic E-state index is 13.0. The molecule has 2 heterocycles. The van der Waals surface area contributed by atoms with Crippen molar-refractivity contribution in [3.63, 3.8) is 0 Å². The van der Waals surface area contributed by atoms with Crippen LogP contribution in [0.1, 0.15) is 15.9 Å². The summed E-state index contributed by atoms with van der Waals surface area (Å²) in [5.74, 6) is -0.329. The summed E-state index contributed by atoms with van der Waals surface area (Å²) in [6.45, 7) is 0. The van der Waals surface area contributed by atoms with Crippen molar-refractivity contribution in [1.29, 1.82) is 0 Å². The Kier molecular flexibility index (Phi) is 3.93. The summed E-state index contributed by atoms with van der Waals surface area (Å²) in [6, 6.07) is 16.2. The molecule has 4 rings (SSSR count). The van der Waals surface area contributed by atoms with Crippen molar-refractivity contribution < 1.29 is 9.59 Å². The number of hydrogen-bond acceptors (Lipinski definition) is 4. The molecule has 0 aliphatic carbocycles. The van der Waals surface area contributed by atoms with Gasteiger partial charge in [0.1, 0.15) is 6.04 Å². The standard InChI is InChI=1S/C20H16N4O2/c21-18(25)17-10-14-8-4-5-9-16(14)24(17)20(26)15-11-22-19(23-12-15)13-6-2-1-3-7-13/h1-9,11-12,17H,10H2,(H2,21,25)/t17-/m0/s1. The first-order chi connectivity index (χ1) is 12.6. The molecule has 6 heteroatoms. The Balaban J connectivity index is 1.67. The SMILES string of the molecule is NC(=O)[C@@H]1Cc2ccccc2N1C(=O)c1cnc(-c2ccccc2)nc1. The molecule has 3 aromatic rings. The molecule has 2 N–H and O–H groups in total. The molecule has 1 aliphatic rings. The van der Waals surface area contributed by atoms with E-state index in [1.54, 1.807) is 0 Å². The summed E-state index contributed by atoms with van der Waals surface area (Å²) in [5.41, 5.74) is 8.33. The van der Waals surface area contributed by atoms with Crippen LogP contribution in [0.2, 0.25) is 0 Å². The number of fused-ring (bicyclic) bond motifs is 1. The van der Waals surface area contributed by atoms with Crippen LogP contribution in [0, 0.1) is 0 Å². The number of anilines is 1. The van der Waals surface area contributed by atoms with Crippen molar-refractivity contribution in [2.24, 2.45) is 5.73 Å². The lowest BCUT2D eigenvalue weighted by molar-refractivity contribution is -0.119. The Bertz CT molecular complexity index is 971. The Morgan fingerprint density at radius 2 is 1.62 bits per heavy atom. The van der Waals surface area contributed by atoms with E-state index >= 15 is 0 Å². The number of aromatic nitrogens is 2. The van der Waals surface area contributed by atoms with E-state index in [2.05, 4.69) is 9.97 Å². The van der Waals surface area contributed by atoms with Gasteiger partial charge in [0.05, 0.1) is 5.56 Å². The third kappa shape index (κ3) is 2.71. The molecule has 0 spiro atoms. The molecule has 26 heavy (non-hydrogen) atoms. The van der Waals surface area contributed by atoms with E-state index in [1.165, 1.54) is 17.3 Å². The van der Waals surface area contributed by atoms with E-state index in [9.17, 15) is 9.59 Å². The molecule has 0 bridgehead atoms. The largest absolute Gasteiger partial charge is 0.368 e. The van der Waals surface area contributed by atoms with Gasteiger partial charge in [-0.25, -0.2) is 9.97 Å². The van der Waals surface area contributed by atoms with Crippen LogP contribution < -0.4 is 10.6 Å². The van der Waals surface area contributed by atoms with Gasteiger partial charge in [0.15, 0.2) is 5.82 Å². The van der Waals surface area contributed by atoms with Crippen molar-refractivity contribution in [3.8, 4) is 11.4 Å². The van der Waals surface area contributed by atoms with Crippen LogP contribution in [-0.2, 0) is 11.2 Å². The third-order valence-corrected chi connectivity index (χ3v) is 4.45. The minimum atomic E-state index is -0.700. The number of carbonyl (C=O) groups excluding carboxylic acids is 2. The topological polar surface area (TPSA) is 89.2 Å². The molecule has 0 fully saturated rings. The fourth-order valence-corrected chi connectivity index (χ4v) is 3.18. The van der Waals surface area contributed by atoms with E-state index in [-0.39, 0.29) is 5.91 Å². The molecule has 0 saturated carbocycles. The van der Waals surface area contributed by atoms with Gasteiger partial charge in [0.2, 0.25) is 5.91 Å². The monoisotopic (exact) mass is 344 g/mol. The minimum Gasteiger partial charge on any atom is -0.368 e. The summed E-state index contributed by atoms with van der Waals surface area (Å²) in [4.78, 5) is 34.9. The highest BCUT2D eigenvalue weighted by atomic mass is 16.2. The van der Waals surface area contributed by atoms with Gasteiger partial charge in [-0.2, -0.15) is 0 Å². The summed E-state index contributed by atoms with van der Waals surface area (Å²) in [5, 5.41) is 0. The number of nitrogens with two attached hydrogens (primary N) is 1. The number of carbonyl (C=O) groups is 2. The molecule has 0 radical (unpaired) electrons. The number of para-hydroxylation sites is 1. The minimum absolute atomic E-state index is 0.313. The number of nitrogens with zero attached hydrogens (tertiary/aromatic N) is 3. The van der Waals surface area contributed by atoms with Crippen molar-refractivity contribution >= 4 is 17.5 Å². The number of hydrogen-bond donors (Lipinski definition) is 1. The van der Waals surface area contributed by atoms with Gasteiger partial charge in [0, 0.05) is 30.1 Å². The van der Waals surface area contributed by atoms with Gasteiger partial charge >= 0.3 is 0 Å². The Morgan fingerprint density at radius 1 is 0.962 bits per heavy atom. The van der Waals surface area contributed by atoms with Crippen LogP contribution in [0.25, 0.3) is 11.4 Å². The summed E-state index contributed by atoms with van der Waals surface area (Å²) in [6.07, 6.45) is 3.38. The second-order valence-corrected chi connectivity index (χ2v) is 6.09. The predicted molar refractivity (Wildman–Crippen MR) is 97.4 cm³/mol. The lowest BCUT2D eigenvalue weighted by atomic mass is 10.1. The van der Waals surface area contributed by atoms with E-state index in [0.29, 0.717) is 23.5 Å². The molecule has 2 aromatic carbocycles. The molecule has 128 valence electrons. The van der Waals surface area contributed by atoms with E-state index in [4.69, 9.17) is 5.73 Å². The molecule has 6 nitrogen and oxygen atoms in total. The molecule has 1 aromatic heterocycles. The second kappa shape index (κ2) is 6.40. The highest BCUT2D eigenvalue weighted by Crippen LogP contribution is 2.33. The zero-order valence-electron chi connectivity index (χ0n) is 13.9. The molecule has 2 amide bonds. The quantitative estimate of drug-likeness (QED) is 0.789. The highest BCUT2D eigenvalue weighted by molar-refractivity contribution is 6.11. The zero-order chi connectivity index (χ0) is 18.1. The number of primary amides is 1. The smallest absolute Gasteiger partial charge is 0.262 e. The Labute approximate surface area is 150 Å². The van der Waals surface area contributed by atoms with Gasteiger partial charge < -0.3 is 5.73 Å². The first-order valence-corrected chi connectivity index (χ1v) is 8.23. The average Bonchev–Trinajstić information content (AvgIpc) is 3.08. The zero-order valence-corrected chi connectivity index (χ0v) is 13.9. The normalized spacial score (nSPS) is 15.5. The van der Waals surface area contributed by atoms with Crippen molar-refractivity contribution in [1.82, 2.24) is 9.97 Å². The van der Waals surface area contributed by atoms with Crippen LogP contribution in [0.4, 0.5) is 5.69 Å². The molecule has 0 saturated heterocycles. The average molecular weight is 344 g/mol. The van der Waals surface area contributed by atoms with Crippen LogP contribution in [0.15, 0.2) is 67.0 Å². The van der Waals surface area contributed by atoms with E-state index in [1.807, 2.05) is 54.6 Å². The molecule has 0 unspecified atom stereocenters. The van der Waals surface area contributed by atoms with Gasteiger partial charge in [0.25, 0.3) is 5.91 Å².